The van der Waals surface area contributed by atoms with Crippen LogP contribution in [0.4, 0.5) is 0 Å². The number of aromatic nitrogens is 8. The summed E-state index contributed by atoms with van der Waals surface area (Å²) < 4.78 is 40.5. The zero-order valence-electron chi connectivity index (χ0n) is 22.5. The molecule has 4 rings (SSSR count). The van der Waals surface area contributed by atoms with E-state index in [-0.39, 0.29) is 11.9 Å². The molecule has 0 bridgehead atoms. The fourth-order valence-corrected chi connectivity index (χ4v) is 5.38. The lowest BCUT2D eigenvalue weighted by Crippen LogP contribution is -2.32. The average Bonchev–Trinajstić information content (AvgIpc) is 3.48. The van der Waals surface area contributed by atoms with Crippen molar-refractivity contribution in [1.29, 1.82) is 0 Å². The highest BCUT2D eigenvalue weighted by atomic mass is 32.2. The Morgan fingerprint density at radius 2 is 1.68 bits per heavy atom. The molecule has 0 saturated carbocycles. The van der Waals surface area contributed by atoms with E-state index in [2.05, 4.69) is 35.3 Å². The second-order valence-electron chi connectivity index (χ2n) is 9.56. The number of hydrogen-bond acceptors (Lipinski definition) is 11. The highest BCUT2D eigenvalue weighted by Crippen LogP contribution is 2.30. The van der Waals surface area contributed by atoms with E-state index < -0.39 is 33.0 Å². The highest BCUT2D eigenvalue weighted by Gasteiger charge is 2.36. The average molecular weight is 541 g/mol. The quantitative estimate of drug-likeness (QED) is 0.290. The van der Waals surface area contributed by atoms with E-state index in [9.17, 15) is 8.42 Å². The predicted octanol–water partition coefficient (Wildman–Crippen LogP) is 3.52. The van der Waals surface area contributed by atoms with E-state index in [1.165, 1.54) is 0 Å². The molecule has 0 aliphatic rings. The third-order valence-electron chi connectivity index (χ3n) is 5.99. The molecule has 0 spiro atoms. The van der Waals surface area contributed by atoms with E-state index in [4.69, 9.17) is 9.26 Å². The van der Waals surface area contributed by atoms with Crippen molar-refractivity contribution in [2.24, 2.45) is 0 Å². The molecule has 0 fully saturated rings. The van der Waals surface area contributed by atoms with Gasteiger partial charge in [0.25, 0.3) is 0 Å². The summed E-state index contributed by atoms with van der Waals surface area (Å²) in [6, 6.07) is 4.99. The molecular formula is C25H32N8O4S. The lowest BCUT2D eigenvalue weighted by molar-refractivity contribution is 0.00140. The maximum atomic E-state index is 13.8. The smallest absolute Gasteiger partial charge is 0.223 e. The van der Waals surface area contributed by atoms with Gasteiger partial charge in [0.05, 0.1) is 17.4 Å². The number of pyridine rings is 1. The molecule has 0 saturated heterocycles. The molecule has 12 nitrogen and oxygen atoms in total. The van der Waals surface area contributed by atoms with Crippen LogP contribution in [0.1, 0.15) is 74.5 Å². The fraction of sp³-hybridized carbons (Fsp3) is 0.480. The van der Waals surface area contributed by atoms with Crippen LogP contribution in [0, 0.1) is 20.8 Å². The van der Waals surface area contributed by atoms with Gasteiger partial charge < -0.3 is 9.26 Å². The summed E-state index contributed by atoms with van der Waals surface area (Å²) in [4.78, 5) is 17.6. The minimum atomic E-state index is -3.84. The van der Waals surface area contributed by atoms with Crippen LogP contribution in [0.5, 0.6) is 0 Å². The maximum Gasteiger partial charge on any atom is 0.223 e. The van der Waals surface area contributed by atoms with E-state index in [1.54, 1.807) is 36.9 Å². The topological polar surface area (TPSA) is 152 Å². The van der Waals surface area contributed by atoms with E-state index in [1.807, 2.05) is 46.8 Å². The van der Waals surface area contributed by atoms with Gasteiger partial charge in [-0.2, -0.15) is 4.98 Å². The first-order chi connectivity index (χ1) is 18.0. The summed E-state index contributed by atoms with van der Waals surface area (Å²) in [6.45, 7) is 12.5. The molecule has 0 aliphatic heterocycles. The summed E-state index contributed by atoms with van der Waals surface area (Å²) >= 11 is 0. The molecule has 0 amide bonds. The van der Waals surface area contributed by atoms with Gasteiger partial charge in [0.1, 0.15) is 23.4 Å². The molecule has 4 aromatic heterocycles. The molecule has 3 atom stereocenters. The van der Waals surface area contributed by atoms with Crippen LogP contribution >= 0.6 is 0 Å². The number of sulfone groups is 1. The summed E-state index contributed by atoms with van der Waals surface area (Å²) in [7, 11) is -3.84. The third kappa shape index (κ3) is 5.94. The normalized spacial score (nSPS) is 14.5. The number of hydrogen-bond donors (Lipinski definition) is 0. The van der Waals surface area contributed by atoms with Crippen molar-refractivity contribution in [2.45, 2.75) is 77.7 Å². The van der Waals surface area contributed by atoms with Crippen molar-refractivity contribution in [3.8, 4) is 11.5 Å². The van der Waals surface area contributed by atoms with Gasteiger partial charge in [-0.3, -0.25) is 4.57 Å². The van der Waals surface area contributed by atoms with Gasteiger partial charge in [-0.15, -0.1) is 10.2 Å². The number of ether oxygens (including phenoxy) is 1. The van der Waals surface area contributed by atoms with Gasteiger partial charge in [0.2, 0.25) is 5.89 Å². The standard InChI is InChI=1S/C25H32N8O4S/c1-14(2)36-22(24-26-11-15(3)12-27-24)18(6)38(34,35)13-21-30-31-25(20-10-8-9-16(4)28-20)33(21)17(5)23-29-19(7)37-32-23/h8-12,14,17-18,22H,13H2,1-7H3/t17-,18-,22+/m0/s1. The summed E-state index contributed by atoms with van der Waals surface area (Å²) in [5.74, 6) is 1.29. The molecule has 4 heterocycles. The van der Waals surface area contributed by atoms with Crippen LogP contribution < -0.4 is 0 Å². The Morgan fingerprint density at radius 3 is 2.29 bits per heavy atom. The first kappa shape index (κ1) is 27.5. The maximum absolute atomic E-state index is 13.8. The third-order valence-corrected chi connectivity index (χ3v) is 8.03. The van der Waals surface area contributed by atoms with Crippen molar-refractivity contribution in [3.05, 3.63) is 65.2 Å². The highest BCUT2D eigenvalue weighted by molar-refractivity contribution is 7.91. The molecular weight excluding hydrogens is 508 g/mol. The Balaban J connectivity index is 1.75. The summed E-state index contributed by atoms with van der Waals surface area (Å²) in [5, 5.41) is 11.7. The Hall–Kier alpha value is -3.58. The van der Waals surface area contributed by atoms with Gasteiger partial charge in [-0.1, -0.05) is 11.2 Å². The van der Waals surface area contributed by atoms with Gasteiger partial charge in [0, 0.05) is 25.0 Å². The van der Waals surface area contributed by atoms with Gasteiger partial charge in [-0.25, -0.2) is 23.4 Å². The second-order valence-corrected chi connectivity index (χ2v) is 11.9. The summed E-state index contributed by atoms with van der Waals surface area (Å²) in [5.41, 5.74) is 2.20. The van der Waals surface area contributed by atoms with Crippen LogP contribution in [0.2, 0.25) is 0 Å². The molecule has 0 aliphatic carbocycles. The molecule has 0 aromatic carbocycles. The number of rotatable bonds is 10. The lowest BCUT2D eigenvalue weighted by atomic mass is 10.2. The van der Waals surface area contributed by atoms with Gasteiger partial charge in [-0.05, 0) is 59.2 Å². The summed E-state index contributed by atoms with van der Waals surface area (Å²) in [6.07, 6.45) is 2.17. The van der Waals surface area contributed by atoms with Crippen molar-refractivity contribution in [3.63, 3.8) is 0 Å². The molecule has 13 heteroatoms. The Labute approximate surface area is 221 Å². The van der Waals surface area contributed by atoms with Crippen LogP contribution in [0.15, 0.2) is 35.1 Å². The molecule has 202 valence electrons. The lowest BCUT2D eigenvalue weighted by Gasteiger charge is -2.25. The number of aryl methyl sites for hydroxylation is 3. The van der Waals surface area contributed by atoms with Crippen LogP contribution in [-0.4, -0.2) is 59.6 Å². The second kappa shape index (κ2) is 11.0. The van der Waals surface area contributed by atoms with Gasteiger partial charge >= 0.3 is 0 Å². The molecule has 4 aromatic rings. The largest absolute Gasteiger partial charge is 0.366 e. The van der Waals surface area contributed by atoms with Crippen LogP contribution in [0.3, 0.4) is 0 Å². The van der Waals surface area contributed by atoms with Crippen molar-refractivity contribution < 1.29 is 17.7 Å². The van der Waals surface area contributed by atoms with Crippen molar-refractivity contribution in [2.75, 3.05) is 0 Å². The zero-order chi connectivity index (χ0) is 27.6. The SMILES string of the molecule is Cc1cnc([C@H](OC(C)C)[C@H](C)S(=O)(=O)Cc2nnc(-c3cccc(C)n3)n2[C@@H](C)c2noc(C)n2)nc1. The molecule has 38 heavy (non-hydrogen) atoms. The Kier molecular flexibility index (Phi) is 7.97. The molecule has 0 N–H and O–H groups in total. The molecule has 0 unspecified atom stereocenters. The predicted molar refractivity (Wildman–Crippen MR) is 139 cm³/mol. The van der Waals surface area contributed by atoms with E-state index in [0.29, 0.717) is 29.1 Å². The van der Waals surface area contributed by atoms with E-state index >= 15 is 0 Å². The Morgan fingerprint density at radius 1 is 0.974 bits per heavy atom. The molecule has 0 radical (unpaired) electrons. The van der Waals surface area contributed by atoms with Crippen LogP contribution in [0.25, 0.3) is 11.5 Å². The monoisotopic (exact) mass is 540 g/mol. The first-order valence-electron chi connectivity index (χ1n) is 12.3. The minimum Gasteiger partial charge on any atom is -0.366 e. The van der Waals surface area contributed by atoms with Crippen molar-refractivity contribution in [1.82, 2.24) is 39.9 Å². The number of nitrogens with zero attached hydrogens (tertiary/aromatic N) is 8. The van der Waals surface area contributed by atoms with E-state index in [0.717, 1.165) is 11.3 Å². The fourth-order valence-electron chi connectivity index (χ4n) is 4.00. The zero-order valence-corrected chi connectivity index (χ0v) is 23.3. The first-order valence-corrected chi connectivity index (χ1v) is 14.0. The van der Waals surface area contributed by atoms with Gasteiger partial charge in [0.15, 0.2) is 27.3 Å². The van der Waals surface area contributed by atoms with Crippen LogP contribution in [-0.2, 0) is 20.3 Å². The minimum absolute atomic E-state index is 0.221. The Bertz CT molecular complexity index is 1500. The van der Waals surface area contributed by atoms with Crippen molar-refractivity contribution >= 4 is 9.84 Å².